The number of pyridine rings is 1. The van der Waals surface area contributed by atoms with Crippen LogP contribution < -0.4 is 10.8 Å². The molecule has 0 unspecified atom stereocenters. The summed E-state index contributed by atoms with van der Waals surface area (Å²) < 4.78 is 1.88. The highest BCUT2D eigenvalue weighted by Gasteiger charge is 2.39. The largest absolute Gasteiger partial charge is 0.481 e. The summed E-state index contributed by atoms with van der Waals surface area (Å²) in [5.74, 6) is -0.943. The van der Waals surface area contributed by atoms with Gasteiger partial charge in [-0.1, -0.05) is 0 Å². The van der Waals surface area contributed by atoms with Crippen LogP contribution in [0.3, 0.4) is 0 Å². The maximum Gasteiger partial charge on any atom is 0.306 e. The third-order valence-electron chi connectivity index (χ3n) is 7.25. The molecule has 172 valence electrons. The van der Waals surface area contributed by atoms with Gasteiger partial charge in [-0.3, -0.25) is 15.1 Å². The number of hydroxylamine groups is 1. The first-order valence-electron chi connectivity index (χ1n) is 11.7. The van der Waals surface area contributed by atoms with E-state index in [0.717, 1.165) is 73.1 Å². The van der Waals surface area contributed by atoms with Crippen molar-refractivity contribution < 1.29 is 19.8 Å². The van der Waals surface area contributed by atoms with E-state index >= 15 is 0 Å². The number of rotatable bonds is 5. The molecule has 1 spiro atoms. The zero-order valence-electron chi connectivity index (χ0n) is 18.4. The minimum atomic E-state index is -0.694. The molecule has 0 atom stereocenters. The molecule has 1 aliphatic heterocycles. The molecule has 9 heteroatoms. The predicted molar refractivity (Wildman–Crippen MR) is 120 cm³/mol. The lowest BCUT2D eigenvalue weighted by Crippen LogP contribution is -2.36. The summed E-state index contributed by atoms with van der Waals surface area (Å²) in [6.07, 6.45) is 11.6. The smallest absolute Gasteiger partial charge is 0.306 e. The van der Waals surface area contributed by atoms with Crippen LogP contribution in [-0.4, -0.2) is 48.7 Å². The van der Waals surface area contributed by atoms with E-state index in [9.17, 15) is 15.0 Å². The van der Waals surface area contributed by atoms with E-state index in [1.807, 2.05) is 24.0 Å². The monoisotopic (exact) mass is 441 g/mol. The van der Waals surface area contributed by atoms with Crippen molar-refractivity contribution in [2.24, 2.45) is 5.92 Å². The molecule has 2 aromatic rings. The molecule has 5 rings (SSSR count). The number of aliphatic hydroxyl groups excluding tert-OH is 1. The van der Waals surface area contributed by atoms with Crippen LogP contribution in [0, 0.1) is 5.92 Å². The van der Waals surface area contributed by atoms with Crippen molar-refractivity contribution in [1.82, 2.24) is 20.2 Å². The van der Waals surface area contributed by atoms with Crippen LogP contribution in [0.25, 0.3) is 16.7 Å². The predicted octanol–water partition coefficient (Wildman–Crippen LogP) is 3.06. The SMILES string of the molecule is CCn1ncc2c(NC3CCC(C(=O)O)CC3)c(C3=CC4(CCC(O)CC4)ON3)cnc21. The average Bonchev–Trinajstić information content (AvgIpc) is 3.41. The number of aliphatic carboxylic acids is 1. The summed E-state index contributed by atoms with van der Waals surface area (Å²) in [7, 11) is 0. The fourth-order valence-electron chi connectivity index (χ4n) is 5.26. The van der Waals surface area contributed by atoms with E-state index in [-0.39, 0.29) is 18.1 Å². The lowest BCUT2D eigenvalue weighted by Gasteiger charge is -2.31. The number of carboxylic acids is 1. The van der Waals surface area contributed by atoms with Crippen LogP contribution in [0.1, 0.15) is 63.9 Å². The van der Waals surface area contributed by atoms with Crippen molar-refractivity contribution in [1.29, 1.82) is 0 Å². The van der Waals surface area contributed by atoms with E-state index < -0.39 is 11.6 Å². The van der Waals surface area contributed by atoms with Crippen molar-refractivity contribution in [3.05, 3.63) is 24.0 Å². The Morgan fingerprint density at radius 1 is 1.25 bits per heavy atom. The molecule has 2 saturated carbocycles. The second kappa shape index (κ2) is 8.37. The molecule has 0 saturated heterocycles. The van der Waals surface area contributed by atoms with Gasteiger partial charge in [-0.05, 0) is 64.4 Å². The summed E-state index contributed by atoms with van der Waals surface area (Å²) in [6, 6.07) is 0.196. The van der Waals surface area contributed by atoms with Crippen LogP contribution in [-0.2, 0) is 16.2 Å². The standard InChI is InChI=1S/C23H31N5O4/c1-2-28-21-18(13-25-28)20(26-15-5-3-14(4-6-15)22(30)31)17(12-24-21)19-11-23(32-27-19)9-7-16(29)8-10-23/h11-16,27,29H,2-10H2,1H3,(H,24,26)(H,30,31). The Balaban J connectivity index is 1.47. The Morgan fingerprint density at radius 2 is 2.00 bits per heavy atom. The topological polar surface area (TPSA) is 122 Å². The molecule has 2 aromatic heterocycles. The normalized spacial score (nSPS) is 30.3. The van der Waals surface area contributed by atoms with Crippen molar-refractivity contribution in [2.75, 3.05) is 5.32 Å². The van der Waals surface area contributed by atoms with E-state index in [1.54, 1.807) is 0 Å². The number of nitrogens with zero attached hydrogens (tertiary/aromatic N) is 3. The minimum Gasteiger partial charge on any atom is -0.481 e. The number of hydrogen-bond acceptors (Lipinski definition) is 7. The van der Waals surface area contributed by atoms with Crippen molar-refractivity contribution in [3.8, 4) is 0 Å². The first-order chi connectivity index (χ1) is 15.5. The van der Waals surface area contributed by atoms with Gasteiger partial charge in [0.25, 0.3) is 0 Å². The Morgan fingerprint density at radius 3 is 2.69 bits per heavy atom. The third-order valence-corrected chi connectivity index (χ3v) is 7.25. The van der Waals surface area contributed by atoms with Crippen LogP contribution in [0.5, 0.6) is 0 Å². The number of aromatic nitrogens is 3. The molecule has 9 nitrogen and oxygen atoms in total. The van der Waals surface area contributed by atoms with Crippen molar-refractivity contribution in [3.63, 3.8) is 0 Å². The van der Waals surface area contributed by atoms with Crippen LogP contribution in [0.2, 0.25) is 0 Å². The van der Waals surface area contributed by atoms with Gasteiger partial charge in [0.05, 0.1) is 35.0 Å². The van der Waals surface area contributed by atoms with Gasteiger partial charge < -0.3 is 15.5 Å². The number of aliphatic hydroxyl groups is 1. The Labute approximate surface area is 186 Å². The lowest BCUT2D eigenvalue weighted by atomic mass is 9.82. The Hall–Kier alpha value is -2.65. The van der Waals surface area contributed by atoms with Gasteiger partial charge in [-0.25, -0.2) is 9.67 Å². The summed E-state index contributed by atoms with van der Waals surface area (Å²) in [4.78, 5) is 22.1. The van der Waals surface area contributed by atoms with Gasteiger partial charge in [-0.2, -0.15) is 5.10 Å². The van der Waals surface area contributed by atoms with Gasteiger partial charge in [0.1, 0.15) is 5.60 Å². The highest BCUT2D eigenvalue weighted by atomic mass is 16.7. The second-order valence-corrected chi connectivity index (χ2v) is 9.33. The molecule has 2 fully saturated rings. The minimum absolute atomic E-state index is 0.196. The van der Waals surface area contributed by atoms with E-state index in [2.05, 4.69) is 22.0 Å². The van der Waals surface area contributed by atoms with Crippen LogP contribution in [0.15, 0.2) is 18.5 Å². The van der Waals surface area contributed by atoms with Gasteiger partial charge in [0.15, 0.2) is 5.65 Å². The number of fused-ring (bicyclic) bond motifs is 1. The maximum atomic E-state index is 11.3. The molecule has 2 aliphatic carbocycles. The number of carbonyl (C=O) groups is 1. The van der Waals surface area contributed by atoms with Crippen LogP contribution >= 0.6 is 0 Å². The molecule has 0 amide bonds. The quantitative estimate of drug-likeness (QED) is 0.559. The number of anilines is 1. The lowest BCUT2D eigenvalue weighted by molar-refractivity contribution is -0.142. The fourth-order valence-corrected chi connectivity index (χ4v) is 5.26. The molecule has 0 bridgehead atoms. The van der Waals surface area contributed by atoms with Crippen molar-refractivity contribution in [2.45, 2.75) is 82.6 Å². The third kappa shape index (κ3) is 3.84. The summed E-state index contributed by atoms with van der Waals surface area (Å²) in [5.41, 5.74) is 6.33. The molecule has 0 aromatic carbocycles. The summed E-state index contributed by atoms with van der Waals surface area (Å²) in [5, 5.41) is 28.4. The molecule has 0 radical (unpaired) electrons. The maximum absolute atomic E-state index is 11.3. The second-order valence-electron chi connectivity index (χ2n) is 9.33. The number of aryl methyl sites for hydroxylation is 1. The van der Waals surface area contributed by atoms with Gasteiger partial charge in [0.2, 0.25) is 0 Å². The highest BCUT2D eigenvalue weighted by Crippen LogP contribution is 2.41. The number of carboxylic acid groups (broad SMARTS) is 1. The van der Waals surface area contributed by atoms with E-state index in [0.29, 0.717) is 12.8 Å². The van der Waals surface area contributed by atoms with Crippen molar-refractivity contribution >= 4 is 28.4 Å². The molecule has 32 heavy (non-hydrogen) atoms. The first kappa shape index (κ1) is 21.2. The zero-order chi connectivity index (χ0) is 22.3. The average molecular weight is 442 g/mol. The highest BCUT2D eigenvalue weighted by molar-refractivity contribution is 5.95. The number of hydrogen-bond donors (Lipinski definition) is 4. The zero-order valence-corrected chi connectivity index (χ0v) is 18.4. The van der Waals surface area contributed by atoms with Gasteiger partial charge >= 0.3 is 5.97 Å². The number of nitrogens with one attached hydrogen (secondary N) is 2. The summed E-state index contributed by atoms with van der Waals surface area (Å²) >= 11 is 0. The summed E-state index contributed by atoms with van der Waals surface area (Å²) in [6.45, 7) is 2.77. The molecule has 4 N–H and O–H groups in total. The van der Waals surface area contributed by atoms with Gasteiger partial charge in [0, 0.05) is 24.3 Å². The molecular formula is C23H31N5O4. The van der Waals surface area contributed by atoms with E-state index in [4.69, 9.17) is 9.82 Å². The Bertz CT molecular complexity index is 1030. The molecular weight excluding hydrogens is 410 g/mol. The molecule has 3 aliphatic rings. The van der Waals surface area contributed by atoms with Crippen LogP contribution in [0.4, 0.5) is 5.69 Å². The Kier molecular flexibility index (Phi) is 5.54. The fraction of sp³-hybridized carbons (Fsp3) is 0.609. The van der Waals surface area contributed by atoms with Gasteiger partial charge in [-0.15, -0.1) is 0 Å². The van der Waals surface area contributed by atoms with E-state index in [1.165, 1.54) is 0 Å². The molecule has 3 heterocycles. The first-order valence-corrected chi connectivity index (χ1v) is 11.7.